The van der Waals surface area contributed by atoms with Gasteiger partial charge in [-0.25, -0.2) is 13.8 Å². The summed E-state index contributed by atoms with van der Waals surface area (Å²) in [4.78, 5) is 12.1. The number of sulfonamides is 1. The molecule has 2 aromatic rings. The summed E-state index contributed by atoms with van der Waals surface area (Å²) >= 11 is 1.14. The second-order valence-corrected chi connectivity index (χ2v) is 8.74. The highest BCUT2D eigenvalue weighted by Gasteiger charge is 2.15. The molecule has 2 N–H and O–H groups in total. The van der Waals surface area contributed by atoms with Crippen LogP contribution in [-0.4, -0.2) is 20.5 Å². The van der Waals surface area contributed by atoms with Gasteiger partial charge < -0.3 is 0 Å². The van der Waals surface area contributed by atoms with E-state index in [9.17, 15) is 13.2 Å². The van der Waals surface area contributed by atoms with Crippen LogP contribution in [0.15, 0.2) is 63.2 Å². The third-order valence-electron chi connectivity index (χ3n) is 3.92. The summed E-state index contributed by atoms with van der Waals surface area (Å²) in [6, 6.07) is 9.43. The highest BCUT2D eigenvalue weighted by atomic mass is 32.2. The first kappa shape index (κ1) is 18.3. The molecule has 1 aromatic heterocycles. The molecule has 1 aliphatic carbocycles. The number of amides is 1. The van der Waals surface area contributed by atoms with Crippen LogP contribution in [0.1, 0.15) is 29.6 Å². The van der Waals surface area contributed by atoms with E-state index in [0.29, 0.717) is 17.2 Å². The number of hydrogen-bond donors (Lipinski definition) is 2. The number of thiophene rings is 1. The molecule has 3 rings (SSSR count). The molecule has 0 radical (unpaired) electrons. The highest BCUT2D eigenvalue weighted by Crippen LogP contribution is 2.20. The van der Waals surface area contributed by atoms with Crippen molar-refractivity contribution in [2.24, 2.45) is 11.0 Å². The summed E-state index contributed by atoms with van der Waals surface area (Å²) in [5, 5.41) is 5.72. The summed E-state index contributed by atoms with van der Waals surface area (Å²) < 4.78 is 27.1. The Bertz CT molecular complexity index is 902. The SMILES string of the molecule is O=C(N/N=C\[C@H]1CC=CCC1)c1ccc(NS(=O)(=O)c2cccs2)cc1. The zero-order valence-electron chi connectivity index (χ0n) is 14.0. The van der Waals surface area contributed by atoms with Crippen LogP contribution < -0.4 is 10.1 Å². The van der Waals surface area contributed by atoms with E-state index in [2.05, 4.69) is 27.4 Å². The van der Waals surface area contributed by atoms with Crippen molar-refractivity contribution in [3.8, 4) is 0 Å². The number of allylic oxidation sites excluding steroid dienone is 2. The number of benzene rings is 1. The predicted octanol–water partition coefficient (Wildman–Crippen LogP) is 3.62. The fraction of sp³-hybridized carbons (Fsp3) is 0.222. The molecule has 136 valence electrons. The summed E-state index contributed by atoms with van der Waals surface area (Å²) in [5.74, 6) is 0.0228. The summed E-state index contributed by atoms with van der Waals surface area (Å²) in [6.07, 6.45) is 9.06. The van der Waals surface area contributed by atoms with Gasteiger partial charge in [0.25, 0.3) is 15.9 Å². The lowest BCUT2D eigenvalue weighted by Crippen LogP contribution is -2.19. The lowest BCUT2D eigenvalue weighted by Gasteiger charge is -2.11. The van der Waals surface area contributed by atoms with E-state index in [4.69, 9.17) is 0 Å². The van der Waals surface area contributed by atoms with Crippen molar-refractivity contribution in [2.75, 3.05) is 4.72 Å². The van der Waals surface area contributed by atoms with Crippen LogP contribution in [0.2, 0.25) is 0 Å². The molecule has 1 aromatic carbocycles. The van der Waals surface area contributed by atoms with E-state index in [1.54, 1.807) is 41.9 Å². The van der Waals surface area contributed by atoms with Gasteiger partial charge in [0.05, 0.1) is 0 Å². The number of carbonyl (C=O) groups is 1. The molecule has 0 bridgehead atoms. The molecule has 26 heavy (non-hydrogen) atoms. The van der Waals surface area contributed by atoms with E-state index in [0.717, 1.165) is 30.6 Å². The Morgan fingerprint density at radius 1 is 1.19 bits per heavy atom. The third-order valence-corrected chi connectivity index (χ3v) is 6.70. The first-order valence-electron chi connectivity index (χ1n) is 8.19. The Kier molecular flexibility index (Phi) is 5.85. The molecule has 0 fully saturated rings. The number of anilines is 1. The normalized spacial score (nSPS) is 17.3. The minimum atomic E-state index is -3.59. The molecule has 1 atom stereocenters. The number of hydrogen-bond acceptors (Lipinski definition) is 5. The second kappa shape index (κ2) is 8.29. The molecule has 1 amide bonds. The lowest BCUT2D eigenvalue weighted by molar-refractivity contribution is 0.0955. The maximum Gasteiger partial charge on any atom is 0.271 e. The van der Waals surface area contributed by atoms with Gasteiger partial charge in [0, 0.05) is 17.5 Å². The van der Waals surface area contributed by atoms with Crippen molar-refractivity contribution in [3.05, 3.63) is 59.5 Å². The average molecular weight is 390 g/mol. The van der Waals surface area contributed by atoms with Gasteiger partial charge in [0.2, 0.25) is 0 Å². The number of nitrogens with one attached hydrogen (secondary N) is 2. The van der Waals surface area contributed by atoms with Gasteiger partial charge >= 0.3 is 0 Å². The molecular formula is C18H19N3O3S2. The van der Waals surface area contributed by atoms with Crippen LogP contribution in [-0.2, 0) is 10.0 Å². The van der Waals surface area contributed by atoms with Crippen molar-refractivity contribution in [3.63, 3.8) is 0 Å². The smallest absolute Gasteiger partial charge is 0.271 e. The van der Waals surface area contributed by atoms with Crippen LogP contribution in [0, 0.1) is 5.92 Å². The van der Waals surface area contributed by atoms with Crippen molar-refractivity contribution < 1.29 is 13.2 Å². The van der Waals surface area contributed by atoms with Crippen LogP contribution in [0.3, 0.4) is 0 Å². The first-order valence-corrected chi connectivity index (χ1v) is 10.6. The monoisotopic (exact) mass is 389 g/mol. The Balaban J connectivity index is 1.57. The topological polar surface area (TPSA) is 87.6 Å². The van der Waals surface area contributed by atoms with Crippen LogP contribution in [0.4, 0.5) is 5.69 Å². The van der Waals surface area contributed by atoms with Gasteiger partial charge in [0.15, 0.2) is 0 Å². The van der Waals surface area contributed by atoms with E-state index in [1.165, 1.54) is 6.07 Å². The van der Waals surface area contributed by atoms with Crippen molar-refractivity contribution in [1.29, 1.82) is 0 Å². The standard InChI is InChI=1S/C18H19N3O3S2/c22-18(20-19-13-14-5-2-1-3-6-14)15-8-10-16(11-9-15)21-26(23,24)17-7-4-12-25-17/h1-2,4,7-14,21H,3,5-6H2,(H,20,22)/b19-13-/t14-/m0/s1. The number of rotatable bonds is 6. The Labute approximate surface area is 156 Å². The van der Waals surface area contributed by atoms with Crippen LogP contribution >= 0.6 is 11.3 Å². The molecule has 6 nitrogen and oxygen atoms in total. The van der Waals surface area contributed by atoms with Gasteiger partial charge in [-0.1, -0.05) is 18.2 Å². The quantitative estimate of drug-likeness (QED) is 0.449. The molecule has 0 aliphatic heterocycles. The molecule has 1 aliphatic rings. The number of nitrogens with zero attached hydrogens (tertiary/aromatic N) is 1. The minimum absolute atomic E-state index is 0.242. The lowest BCUT2D eigenvalue weighted by atomic mass is 9.96. The largest absolute Gasteiger partial charge is 0.279 e. The number of carbonyl (C=O) groups excluding carboxylic acids is 1. The molecule has 0 saturated heterocycles. The van der Waals surface area contributed by atoms with Gasteiger partial charge in [-0.3, -0.25) is 9.52 Å². The molecular weight excluding hydrogens is 370 g/mol. The van der Waals surface area contributed by atoms with E-state index >= 15 is 0 Å². The molecule has 0 spiro atoms. The molecule has 1 heterocycles. The Morgan fingerprint density at radius 2 is 2.00 bits per heavy atom. The molecule has 0 saturated carbocycles. The second-order valence-electron chi connectivity index (χ2n) is 5.88. The minimum Gasteiger partial charge on any atom is -0.279 e. The maximum absolute atomic E-state index is 12.2. The average Bonchev–Trinajstić information content (AvgIpc) is 3.19. The zero-order valence-corrected chi connectivity index (χ0v) is 15.6. The number of hydrazone groups is 1. The molecule has 8 heteroatoms. The van der Waals surface area contributed by atoms with Crippen molar-refractivity contribution >= 4 is 39.2 Å². The van der Waals surface area contributed by atoms with Gasteiger partial charge in [-0.2, -0.15) is 5.10 Å². The van der Waals surface area contributed by atoms with Crippen molar-refractivity contribution in [1.82, 2.24) is 5.43 Å². The summed E-state index contributed by atoms with van der Waals surface area (Å²) in [5.41, 5.74) is 3.31. The molecule has 0 unspecified atom stereocenters. The van der Waals surface area contributed by atoms with Gasteiger partial charge in [0.1, 0.15) is 4.21 Å². The Morgan fingerprint density at radius 3 is 2.65 bits per heavy atom. The zero-order chi connectivity index (χ0) is 18.4. The summed E-state index contributed by atoms with van der Waals surface area (Å²) in [6.45, 7) is 0. The van der Waals surface area contributed by atoms with Gasteiger partial charge in [-0.05, 0) is 60.9 Å². The fourth-order valence-corrected chi connectivity index (χ4v) is 4.58. The van der Waals surface area contributed by atoms with E-state index < -0.39 is 10.0 Å². The maximum atomic E-state index is 12.2. The predicted molar refractivity (Wildman–Crippen MR) is 104 cm³/mol. The van der Waals surface area contributed by atoms with Crippen LogP contribution in [0.25, 0.3) is 0 Å². The Hall–Kier alpha value is -2.45. The van der Waals surface area contributed by atoms with E-state index in [-0.39, 0.29) is 10.1 Å². The third kappa shape index (κ3) is 4.80. The van der Waals surface area contributed by atoms with E-state index in [1.807, 2.05) is 0 Å². The fourth-order valence-electron chi connectivity index (χ4n) is 2.53. The first-order chi connectivity index (χ1) is 12.5. The highest BCUT2D eigenvalue weighted by molar-refractivity contribution is 7.94. The van der Waals surface area contributed by atoms with Gasteiger partial charge in [-0.15, -0.1) is 11.3 Å². The summed E-state index contributed by atoms with van der Waals surface area (Å²) in [7, 11) is -3.59. The van der Waals surface area contributed by atoms with Crippen LogP contribution in [0.5, 0.6) is 0 Å². The van der Waals surface area contributed by atoms with Crippen molar-refractivity contribution in [2.45, 2.75) is 23.5 Å².